The lowest BCUT2D eigenvalue weighted by Gasteiger charge is -2.35. The highest BCUT2D eigenvalue weighted by Gasteiger charge is 2.32. The van der Waals surface area contributed by atoms with Crippen molar-refractivity contribution in [2.45, 2.75) is 38.5 Å². The zero-order valence-electron chi connectivity index (χ0n) is 16.7. The molecule has 1 aromatic carbocycles. The summed E-state index contributed by atoms with van der Waals surface area (Å²) in [6.07, 6.45) is 1.20. The minimum Gasteiger partial charge on any atom is -0.342 e. The first-order valence-electron chi connectivity index (χ1n) is 9.06. The Bertz CT molecular complexity index is 804. The number of sulfonamides is 1. The summed E-state index contributed by atoms with van der Waals surface area (Å²) in [5.74, 6) is -0.233. The molecule has 0 bridgehead atoms. The van der Waals surface area contributed by atoms with E-state index < -0.39 is 15.4 Å². The van der Waals surface area contributed by atoms with Gasteiger partial charge in [0.2, 0.25) is 21.8 Å². The smallest absolute Gasteiger partial charge is 0.242 e. The number of nitrogens with one attached hydrogen (secondary N) is 1. The van der Waals surface area contributed by atoms with Crippen LogP contribution in [-0.4, -0.2) is 56.6 Å². The SMILES string of the molecule is CN(C)S(=O)(=O)c1cccc(NC(=O)C2CCN(C(=O)C(C)(C)C)CC2)c1. The van der Waals surface area contributed by atoms with Gasteiger partial charge < -0.3 is 10.2 Å². The molecule has 0 radical (unpaired) electrons. The fraction of sp³-hybridized carbons (Fsp3) is 0.579. The van der Waals surface area contributed by atoms with E-state index in [-0.39, 0.29) is 22.6 Å². The van der Waals surface area contributed by atoms with Crippen LogP contribution in [0.15, 0.2) is 29.2 Å². The second kappa shape index (κ2) is 7.98. The number of anilines is 1. The largest absolute Gasteiger partial charge is 0.342 e. The van der Waals surface area contributed by atoms with Crippen LogP contribution in [0, 0.1) is 11.3 Å². The van der Waals surface area contributed by atoms with Crippen molar-refractivity contribution in [3.63, 3.8) is 0 Å². The Labute approximate surface area is 161 Å². The molecule has 0 unspecified atom stereocenters. The number of likely N-dealkylation sites (tertiary alicyclic amines) is 1. The van der Waals surface area contributed by atoms with Crippen molar-refractivity contribution < 1.29 is 18.0 Å². The molecule has 0 aromatic heterocycles. The Morgan fingerprint density at radius 3 is 2.26 bits per heavy atom. The summed E-state index contributed by atoms with van der Waals surface area (Å²) in [5, 5.41) is 2.81. The van der Waals surface area contributed by atoms with Gasteiger partial charge in [0.15, 0.2) is 0 Å². The summed E-state index contributed by atoms with van der Waals surface area (Å²) in [4.78, 5) is 26.8. The number of rotatable bonds is 4. The summed E-state index contributed by atoms with van der Waals surface area (Å²) < 4.78 is 25.6. The predicted molar refractivity (Wildman–Crippen MR) is 105 cm³/mol. The van der Waals surface area contributed by atoms with Gasteiger partial charge in [-0.1, -0.05) is 26.8 Å². The number of carbonyl (C=O) groups excluding carboxylic acids is 2. The lowest BCUT2D eigenvalue weighted by Crippen LogP contribution is -2.45. The number of nitrogens with zero attached hydrogens (tertiary/aromatic N) is 2. The average molecular weight is 396 g/mol. The summed E-state index contributed by atoms with van der Waals surface area (Å²) in [7, 11) is -0.622. The molecule has 150 valence electrons. The molecule has 1 aromatic rings. The second-order valence-corrected chi connectivity index (χ2v) is 10.3. The van der Waals surface area contributed by atoms with E-state index in [1.807, 2.05) is 25.7 Å². The topological polar surface area (TPSA) is 86.8 Å². The Hall–Kier alpha value is -1.93. The standard InChI is InChI=1S/C19H29N3O4S/c1-19(2,3)18(24)22-11-9-14(10-12-22)17(23)20-15-7-6-8-16(13-15)27(25,26)21(4)5/h6-8,13-14H,9-12H2,1-5H3,(H,20,23). The number of carbonyl (C=O) groups is 2. The third kappa shape index (κ3) is 5.07. The number of hydrogen-bond donors (Lipinski definition) is 1. The van der Waals surface area contributed by atoms with Gasteiger partial charge in [-0.15, -0.1) is 0 Å². The van der Waals surface area contributed by atoms with Gasteiger partial charge in [0.05, 0.1) is 4.90 Å². The summed E-state index contributed by atoms with van der Waals surface area (Å²) >= 11 is 0. The highest BCUT2D eigenvalue weighted by Crippen LogP contribution is 2.25. The molecule has 1 fully saturated rings. The third-order valence-corrected chi connectivity index (χ3v) is 6.49. The first-order valence-corrected chi connectivity index (χ1v) is 10.5. The molecule has 2 amide bonds. The van der Waals surface area contributed by atoms with Crippen molar-refractivity contribution in [3.05, 3.63) is 24.3 Å². The van der Waals surface area contributed by atoms with Gasteiger partial charge in [0, 0.05) is 44.2 Å². The van der Waals surface area contributed by atoms with Crippen molar-refractivity contribution >= 4 is 27.5 Å². The maximum Gasteiger partial charge on any atom is 0.242 e. The maximum atomic E-state index is 12.6. The van der Waals surface area contributed by atoms with Crippen LogP contribution in [0.25, 0.3) is 0 Å². The molecule has 0 spiro atoms. The van der Waals surface area contributed by atoms with E-state index in [9.17, 15) is 18.0 Å². The van der Waals surface area contributed by atoms with E-state index in [0.29, 0.717) is 31.6 Å². The minimum atomic E-state index is -3.55. The molecular weight excluding hydrogens is 366 g/mol. The Morgan fingerprint density at radius 1 is 1.15 bits per heavy atom. The molecule has 1 aliphatic rings. The zero-order chi connectivity index (χ0) is 20.4. The van der Waals surface area contributed by atoms with Crippen molar-refractivity contribution in [2.75, 3.05) is 32.5 Å². The van der Waals surface area contributed by atoms with E-state index in [1.165, 1.54) is 26.2 Å². The van der Waals surface area contributed by atoms with Crippen molar-refractivity contribution in [1.82, 2.24) is 9.21 Å². The Balaban J connectivity index is 2.00. The van der Waals surface area contributed by atoms with Crippen LogP contribution >= 0.6 is 0 Å². The monoisotopic (exact) mass is 395 g/mol. The van der Waals surface area contributed by atoms with Crippen molar-refractivity contribution in [2.24, 2.45) is 11.3 Å². The van der Waals surface area contributed by atoms with Gasteiger partial charge in [-0.25, -0.2) is 12.7 Å². The summed E-state index contributed by atoms with van der Waals surface area (Å²) in [5.41, 5.74) is 0.0316. The molecule has 27 heavy (non-hydrogen) atoms. The number of hydrogen-bond acceptors (Lipinski definition) is 4. The Morgan fingerprint density at radius 2 is 1.74 bits per heavy atom. The van der Waals surface area contributed by atoms with Crippen LogP contribution in [0.5, 0.6) is 0 Å². The zero-order valence-corrected chi connectivity index (χ0v) is 17.5. The van der Waals surface area contributed by atoms with Gasteiger partial charge >= 0.3 is 0 Å². The molecule has 0 aliphatic carbocycles. The van der Waals surface area contributed by atoms with Crippen LogP contribution in [0.3, 0.4) is 0 Å². The predicted octanol–water partition coefficient (Wildman–Crippen LogP) is 2.16. The van der Waals surface area contributed by atoms with E-state index in [2.05, 4.69) is 5.32 Å². The molecule has 8 heteroatoms. The first kappa shape index (κ1) is 21.4. The van der Waals surface area contributed by atoms with E-state index in [0.717, 1.165) is 4.31 Å². The normalized spacial score (nSPS) is 16.4. The van der Waals surface area contributed by atoms with Crippen molar-refractivity contribution in [1.29, 1.82) is 0 Å². The summed E-state index contributed by atoms with van der Waals surface area (Å²) in [6.45, 7) is 6.79. The van der Waals surface area contributed by atoms with Crippen LogP contribution in [-0.2, 0) is 19.6 Å². The number of benzene rings is 1. The maximum absolute atomic E-state index is 12.6. The van der Waals surface area contributed by atoms with Gasteiger partial charge in [-0.05, 0) is 31.0 Å². The van der Waals surface area contributed by atoms with Crippen LogP contribution in [0.1, 0.15) is 33.6 Å². The van der Waals surface area contributed by atoms with Crippen molar-refractivity contribution in [3.8, 4) is 0 Å². The second-order valence-electron chi connectivity index (χ2n) is 8.12. The molecule has 1 saturated heterocycles. The van der Waals surface area contributed by atoms with E-state index in [1.54, 1.807) is 12.1 Å². The molecule has 0 saturated carbocycles. The molecule has 7 nitrogen and oxygen atoms in total. The minimum absolute atomic E-state index is 0.1000. The highest BCUT2D eigenvalue weighted by atomic mass is 32.2. The quantitative estimate of drug-likeness (QED) is 0.846. The molecule has 1 N–H and O–H groups in total. The van der Waals surface area contributed by atoms with Crippen LogP contribution in [0.2, 0.25) is 0 Å². The fourth-order valence-corrected chi connectivity index (χ4v) is 3.96. The molecule has 0 atom stereocenters. The lowest BCUT2D eigenvalue weighted by molar-refractivity contribution is -0.142. The van der Waals surface area contributed by atoms with Gasteiger partial charge in [-0.2, -0.15) is 0 Å². The fourth-order valence-electron chi connectivity index (χ4n) is 3.01. The third-order valence-electron chi connectivity index (χ3n) is 4.67. The summed E-state index contributed by atoms with van der Waals surface area (Å²) in [6, 6.07) is 6.24. The highest BCUT2D eigenvalue weighted by molar-refractivity contribution is 7.89. The first-order chi connectivity index (χ1) is 12.4. The molecular formula is C19H29N3O4S. The average Bonchev–Trinajstić information content (AvgIpc) is 2.60. The number of amides is 2. The van der Waals surface area contributed by atoms with Gasteiger partial charge in [0.25, 0.3) is 0 Å². The Kier molecular flexibility index (Phi) is 6.32. The molecule has 1 heterocycles. The van der Waals surface area contributed by atoms with Crippen LogP contribution in [0.4, 0.5) is 5.69 Å². The molecule has 1 aliphatic heterocycles. The lowest BCUT2D eigenvalue weighted by atomic mass is 9.90. The van der Waals surface area contributed by atoms with E-state index >= 15 is 0 Å². The van der Waals surface area contributed by atoms with Gasteiger partial charge in [-0.3, -0.25) is 9.59 Å². The van der Waals surface area contributed by atoms with E-state index in [4.69, 9.17) is 0 Å². The molecule has 2 rings (SSSR count). The number of piperidine rings is 1. The van der Waals surface area contributed by atoms with Crippen LogP contribution < -0.4 is 5.32 Å². The van der Waals surface area contributed by atoms with Gasteiger partial charge in [0.1, 0.15) is 0 Å².